The normalized spacial score (nSPS) is 9.69. The van der Waals surface area contributed by atoms with Crippen LogP contribution in [0, 0.1) is 0 Å². The number of ether oxygens (including phenoxy) is 3. The van der Waals surface area contributed by atoms with Gasteiger partial charge in [-0.25, -0.2) is 0 Å². The van der Waals surface area contributed by atoms with Crippen LogP contribution in [0.1, 0.15) is 26.7 Å². The van der Waals surface area contributed by atoms with E-state index in [0.717, 1.165) is 12.8 Å². The van der Waals surface area contributed by atoms with Gasteiger partial charge in [-0.1, -0.05) is 13.3 Å². The maximum atomic E-state index is 5.19. The first kappa shape index (κ1) is 12.3. The summed E-state index contributed by atoms with van der Waals surface area (Å²) in [7, 11) is 0. The van der Waals surface area contributed by atoms with E-state index < -0.39 is 0 Å². The van der Waals surface area contributed by atoms with Gasteiger partial charge in [0, 0.05) is 6.61 Å². The predicted octanol–water partition coefficient (Wildman–Crippen LogP) is 2.33. The second kappa shape index (κ2) is 9.39. The minimum atomic E-state index is 0.396. The van der Waals surface area contributed by atoms with E-state index in [1.807, 2.05) is 6.92 Å². The molecule has 0 bridgehead atoms. The van der Waals surface area contributed by atoms with E-state index in [0.29, 0.717) is 32.4 Å². The first-order valence-electron chi connectivity index (χ1n) is 4.83. The Labute approximate surface area is 80.7 Å². The van der Waals surface area contributed by atoms with Gasteiger partial charge < -0.3 is 14.2 Å². The molecular weight excluding hydrogens is 168 g/mol. The summed E-state index contributed by atoms with van der Waals surface area (Å²) in [5.41, 5.74) is 0. The van der Waals surface area contributed by atoms with E-state index in [9.17, 15) is 0 Å². The average molecular weight is 188 g/mol. The van der Waals surface area contributed by atoms with Gasteiger partial charge in [-0.05, 0) is 19.9 Å². The molecule has 0 radical (unpaired) electrons. The fraction of sp³-hybridized carbons (Fsp3) is 0.800. The summed E-state index contributed by atoms with van der Waals surface area (Å²) in [6.45, 7) is 10.2. The van der Waals surface area contributed by atoms with Crippen molar-refractivity contribution in [3.05, 3.63) is 12.5 Å². The third-order valence-corrected chi connectivity index (χ3v) is 1.46. The molecule has 0 aliphatic rings. The van der Waals surface area contributed by atoms with Crippen molar-refractivity contribution in [1.82, 2.24) is 0 Å². The number of hydrogen-bond donors (Lipinski definition) is 0. The molecule has 0 unspecified atom stereocenters. The molecular formula is C10H20O3. The molecule has 0 saturated carbocycles. The Morgan fingerprint density at radius 3 is 2.38 bits per heavy atom. The number of rotatable bonds is 9. The monoisotopic (exact) mass is 188 g/mol. The van der Waals surface area contributed by atoms with Crippen LogP contribution in [0.5, 0.6) is 0 Å². The standard InChI is InChI=1S/C10H20O3/c1-4-6-7-12-10(3)13-9-8-11-5-2/h3-9H2,1-2H3. The topological polar surface area (TPSA) is 27.7 Å². The van der Waals surface area contributed by atoms with E-state index in [2.05, 4.69) is 13.5 Å². The van der Waals surface area contributed by atoms with Crippen LogP contribution >= 0.6 is 0 Å². The minimum Gasteiger partial charge on any atom is -0.466 e. The van der Waals surface area contributed by atoms with Crippen LogP contribution in [0.2, 0.25) is 0 Å². The molecule has 13 heavy (non-hydrogen) atoms. The van der Waals surface area contributed by atoms with Gasteiger partial charge in [-0.15, -0.1) is 0 Å². The summed E-state index contributed by atoms with van der Waals surface area (Å²) in [5.74, 6) is 0.396. The summed E-state index contributed by atoms with van der Waals surface area (Å²) < 4.78 is 15.4. The Hall–Kier alpha value is -0.700. The molecule has 0 aliphatic heterocycles. The molecule has 0 amide bonds. The Bertz CT molecular complexity index is 123. The zero-order valence-corrected chi connectivity index (χ0v) is 8.67. The van der Waals surface area contributed by atoms with E-state index in [4.69, 9.17) is 14.2 Å². The van der Waals surface area contributed by atoms with Crippen LogP contribution in [-0.2, 0) is 14.2 Å². The molecule has 0 aliphatic carbocycles. The van der Waals surface area contributed by atoms with E-state index in [-0.39, 0.29) is 0 Å². The van der Waals surface area contributed by atoms with Gasteiger partial charge in [0.2, 0.25) is 0 Å². The van der Waals surface area contributed by atoms with Crippen molar-refractivity contribution in [3.63, 3.8) is 0 Å². The molecule has 0 aromatic carbocycles. The summed E-state index contributed by atoms with van der Waals surface area (Å²) in [5, 5.41) is 0. The van der Waals surface area contributed by atoms with Crippen LogP contribution in [0.25, 0.3) is 0 Å². The van der Waals surface area contributed by atoms with Crippen molar-refractivity contribution in [2.75, 3.05) is 26.4 Å². The molecule has 0 heterocycles. The highest BCUT2D eigenvalue weighted by molar-refractivity contribution is 4.67. The molecule has 0 N–H and O–H groups in total. The molecule has 0 atom stereocenters. The van der Waals surface area contributed by atoms with Crippen LogP contribution < -0.4 is 0 Å². The molecule has 3 nitrogen and oxygen atoms in total. The minimum absolute atomic E-state index is 0.396. The molecule has 78 valence electrons. The lowest BCUT2D eigenvalue weighted by Gasteiger charge is -2.09. The summed E-state index contributed by atoms with van der Waals surface area (Å²) in [6, 6.07) is 0. The van der Waals surface area contributed by atoms with E-state index in [1.54, 1.807) is 0 Å². The van der Waals surface area contributed by atoms with Gasteiger partial charge >= 0.3 is 0 Å². The van der Waals surface area contributed by atoms with Crippen molar-refractivity contribution < 1.29 is 14.2 Å². The lowest BCUT2D eigenvalue weighted by atomic mass is 10.4. The molecule has 3 heteroatoms. The number of unbranched alkanes of at least 4 members (excludes halogenated alkanes) is 1. The molecule has 0 aromatic heterocycles. The third-order valence-electron chi connectivity index (χ3n) is 1.46. The van der Waals surface area contributed by atoms with Gasteiger partial charge in [0.25, 0.3) is 5.95 Å². The Kier molecular flexibility index (Phi) is 8.88. The molecule has 0 rings (SSSR count). The average Bonchev–Trinajstić information content (AvgIpc) is 2.13. The Morgan fingerprint density at radius 1 is 1.08 bits per heavy atom. The summed E-state index contributed by atoms with van der Waals surface area (Å²) >= 11 is 0. The van der Waals surface area contributed by atoms with Crippen molar-refractivity contribution in [2.24, 2.45) is 0 Å². The van der Waals surface area contributed by atoms with E-state index >= 15 is 0 Å². The van der Waals surface area contributed by atoms with Crippen LogP contribution in [0.15, 0.2) is 12.5 Å². The fourth-order valence-corrected chi connectivity index (χ4v) is 0.731. The second-order valence-electron chi connectivity index (χ2n) is 2.62. The zero-order valence-electron chi connectivity index (χ0n) is 8.67. The number of hydrogen-bond acceptors (Lipinski definition) is 3. The summed E-state index contributed by atoms with van der Waals surface area (Å²) in [4.78, 5) is 0. The van der Waals surface area contributed by atoms with Crippen molar-refractivity contribution in [2.45, 2.75) is 26.7 Å². The van der Waals surface area contributed by atoms with Crippen LogP contribution in [0.4, 0.5) is 0 Å². The summed E-state index contributed by atoms with van der Waals surface area (Å²) in [6.07, 6.45) is 2.15. The predicted molar refractivity (Wildman–Crippen MR) is 52.4 cm³/mol. The highest BCUT2D eigenvalue weighted by atomic mass is 16.7. The first-order chi connectivity index (χ1) is 6.31. The van der Waals surface area contributed by atoms with Crippen LogP contribution in [0.3, 0.4) is 0 Å². The fourth-order valence-electron chi connectivity index (χ4n) is 0.731. The quantitative estimate of drug-likeness (QED) is 0.410. The zero-order chi connectivity index (χ0) is 9.94. The van der Waals surface area contributed by atoms with Crippen LogP contribution in [-0.4, -0.2) is 26.4 Å². The maximum absolute atomic E-state index is 5.19. The van der Waals surface area contributed by atoms with E-state index in [1.165, 1.54) is 0 Å². The third kappa shape index (κ3) is 9.21. The van der Waals surface area contributed by atoms with Gasteiger partial charge in [0.15, 0.2) is 0 Å². The van der Waals surface area contributed by atoms with Gasteiger partial charge in [0.05, 0.1) is 13.2 Å². The Balaban J connectivity index is 3.11. The van der Waals surface area contributed by atoms with Crippen molar-refractivity contribution >= 4 is 0 Å². The van der Waals surface area contributed by atoms with Crippen molar-refractivity contribution in [1.29, 1.82) is 0 Å². The lowest BCUT2D eigenvalue weighted by Crippen LogP contribution is -2.05. The molecule has 0 fully saturated rings. The SMILES string of the molecule is C=C(OCCCC)OCCOCC. The van der Waals surface area contributed by atoms with Gasteiger partial charge in [0.1, 0.15) is 6.61 Å². The lowest BCUT2D eigenvalue weighted by molar-refractivity contribution is 0.00695. The smallest absolute Gasteiger partial charge is 0.271 e. The molecule has 0 saturated heterocycles. The largest absolute Gasteiger partial charge is 0.466 e. The first-order valence-corrected chi connectivity index (χ1v) is 4.83. The highest BCUT2D eigenvalue weighted by Crippen LogP contribution is 1.98. The molecule has 0 spiro atoms. The maximum Gasteiger partial charge on any atom is 0.271 e. The molecule has 0 aromatic rings. The van der Waals surface area contributed by atoms with Gasteiger partial charge in [-0.2, -0.15) is 0 Å². The second-order valence-corrected chi connectivity index (χ2v) is 2.62. The van der Waals surface area contributed by atoms with Crippen molar-refractivity contribution in [3.8, 4) is 0 Å². The Morgan fingerprint density at radius 2 is 1.77 bits per heavy atom. The highest BCUT2D eigenvalue weighted by Gasteiger charge is 1.94. The van der Waals surface area contributed by atoms with Gasteiger partial charge in [-0.3, -0.25) is 0 Å².